The molecule has 3 heterocycles. The predicted molar refractivity (Wildman–Crippen MR) is 107 cm³/mol. The first-order chi connectivity index (χ1) is 12.2. The van der Waals surface area contributed by atoms with Gasteiger partial charge >= 0.3 is 0 Å². The summed E-state index contributed by atoms with van der Waals surface area (Å²) < 4.78 is 0.861. The van der Waals surface area contributed by atoms with E-state index in [0.717, 1.165) is 21.3 Å². The molecule has 0 spiro atoms. The monoisotopic (exact) mass is 368 g/mol. The number of halogens is 1. The van der Waals surface area contributed by atoms with E-state index in [9.17, 15) is 0 Å². The number of hydrogen-bond acceptors (Lipinski definition) is 5. The minimum Gasteiger partial charge on any atom is -0.382 e. The fourth-order valence-electron chi connectivity index (χ4n) is 2.42. The molecule has 0 aliphatic rings. The average molecular weight is 369 g/mol. The highest BCUT2D eigenvalue weighted by Crippen LogP contribution is 2.38. The van der Waals surface area contributed by atoms with Crippen LogP contribution in [0.25, 0.3) is 32.9 Å². The highest BCUT2D eigenvalue weighted by molar-refractivity contribution is 7.18. The Bertz CT molecular complexity index is 999. The summed E-state index contributed by atoms with van der Waals surface area (Å²) in [6.45, 7) is 4.00. The van der Waals surface area contributed by atoms with E-state index >= 15 is 0 Å². The van der Waals surface area contributed by atoms with Gasteiger partial charge in [-0.1, -0.05) is 49.7 Å². The van der Waals surface area contributed by atoms with Crippen LogP contribution in [0, 0.1) is 0 Å². The first-order valence-electron chi connectivity index (χ1n) is 7.95. The van der Waals surface area contributed by atoms with Gasteiger partial charge in [-0.15, -0.1) is 11.3 Å². The highest BCUT2D eigenvalue weighted by Gasteiger charge is 2.15. The molecule has 0 aliphatic heterocycles. The summed E-state index contributed by atoms with van der Waals surface area (Å²) in [6, 6.07) is 13.3. The van der Waals surface area contributed by atoms with Gasteiger partial charge in [-0.3, -0.25) is 4.98 Å². The zero-order valence-electron chi connectivity index (χ0n) is 13.9. The molecule has 0 amide bonds. The molecule has 0 aliphatic carbocycles. The van der Waals surface area contributed by atoms with Crippen molar-refractivity contribution in [3.05, 3.63) is 59.1 Å². The van der Waals surface area contributed by atoms with Crippen molar-refractivity contribution in [1.82, 2.24) is 15.0 Å². The van der Waals surface area contributed by atoms with Crippen LogP contribution in [-0.2, 0) is 0 Å². The van der Waals surface area contributed by atoms with Gasteiger partial charge in [-0.2, -0.15) is 0 Å². The van der Waals surface area contributed by atoms with Crippen LogP contribution < -0.4 is 5.73 Å². The van der Waals surface area contributed by atoms with Gasteiger partial charge in [-0.05, 0) is 18.2 Å². The number of fused-ring (bicyclic) bond motifs is 1. The number of rotatable bonds is 2. The van der Waals surface area contributed by atoms with Gasteiger partial charge in [0.15, 0.2) is 5.82 Å². The van der Waals surface area contributed by atoms with Crippen molar-refractivity contribution < 1.29 is 0 Å². The number of nitrogen functional groups attached to an aromatic ring is 1. The molecule has 0 fully saturated rings. The number of nitrogens with two attached hydrogens (primary N) is 1. The van der Waals surface area contributed by atoms with Crippen molar-refractivity contribution >= 4 is 39.0 Å². The summed E-state index contributed by atoms with van der Waals surface area (Å²) in [4.78, 5) is 13.4. The van der Waals surface area contributed by atoms with E-state index in [1.807, 2.05) is 61.7 Å². The number of pyridine rings is 1. The number of hydrogen-bond donors (Lipinski definition) is 1. The van der Waals surface area contributed by atoms with Crippen LogP contribution in [0.1, 0.15) is 13.8 Å². The van der Waals surface area contributed by atoms with E-state index in [1.54, 1.807) is 6.20 Å². The minimum atomic E-state index is 0.457. The van der Waals surface area contributed by atoms with E-state index in [0.29, 0.717) is 22.4 Å². The Kier molecular flexibility index (Phi) is 5.26. The van der Waals surface area contributed by atoms with Gasteiger partial charge in [0.1, 0.15) is 11.5 Å². The largest absolute Gasteiger partial charge is 0.382 e. The first kappa shape index (κ1) is 17.3. The van der Waals surface area contributed by atoms with E-state index in [2.05, 4.69) is 15.0 Å². The Labute approximate surface area is 155 Å². The molecule has 4 aromatic rings. The van der Waals surface area contributed by atoms with Gasteiger partial charge in [0.05, 0.1) is 10.2 Å². The fourth-order valence-corrected chi connectivity index (χ4v) is 3.57. The van der Waals surface area contributed by atoms with Crippen molar-refractivity contribution in [2.24, 2.45) is 0 Å². The van der Waals surface area contributed by atoms with Crippen molar-refractivity contribution in [2.75, 3.05) is 5.73 Å². The summed E-state index contributed by atoms with van der Waals surface area (Å²) in [5.74, 6) is 0.973. The maximum absolute atomic E-state index is 6.33. The zero-order chi connectivity index (χ0) is 17.8. The molecule has 6 heteroatoms. The molecular formula is C19H17ClN4S. The molecule has 4 nitrogen and oxygen atoms in total. The molecule has 3 aromatic heterocycles. The van der Waals surface area contributed by atoms with Crippen molar-refractivity contribution in [3.63, 3.8) is 0 Å². The third-order valence-electron chi connectivity index (χ3n) is 3.50. The second kappa shape index (κ2) is 7.59. The lowest BCUT2D eigenvalue weighted by Crippen LogP contribution is -1.97. The predicted octanol–water partition coefficient (Wildman–Crippen LogP) is 5.68. The topological polar surface area (TPSA) is 64.7 Å². The van der Waals surface area contributed by atoms with Crippen LogP contribution in [0.15, 0.2) is 54.0 Å². The van der Waals surface area contributed by atoms with Crippen molar-refractivity contribution in [3.8, 4) is 22.6 Å². The summed E-state index contributed by atoms with van der Waals surface area (Å²) in [6.07, 6.45) is 1.71. The molecule has 25 heavy (non-hydrogen) atoms. The van der Waals surface area contributed by atoms with E-state index in [1.165, 1.54) is 11.3 Å². The van der Waals surface area contributed by atoms with Crippen molar-refractivity contribution in [1.29, 1.82) is 0 Å². The standard InChI is InChI=1S/C17H11ClN4S.C2H6/c18-12-6-2-1-5-10(12)11-9-23-15-14(11)21-17(22-16(15)19)13-7-3-4-8-20-13;1-2/h1-9H,(H2,19,21,22);1-2H3. The van der Waals surface area contributed by atoms with E-state index in [4.69, 9.17) is 17.3 Å². The molecule has 0 saturated heterocycles. The summed E-state index contributed by atoms with van der Waals surface area (Å²) in [7, 11) is 0. The Hall–Kier alpha value is -2.50. The summed E-state index contributed by atoms with van der Waals surface area (Å²) >= 11 is 7.85. The van der Waals surface area contributed by atoms with Gasteiger partial charge in [0.25, 0.3) is 0 Å². The number of nitrogens with zero attached hydrogens (tertiary/aromatic N) is 3. The van der Waals surface area contributed by atoms with Crippen LogP contribution in [-0.4, -0.2) is 15.0 Å². The Morgan fingerprint density at radius 2 is 1.72 bits per heavy atom. The number of benzene rings is 1. The molecule has 126 valence electrons. The molecule has 1 aromatic carbocycles. The molecular weight excluding hydrogens is 352 g/mol. The van der Waals surface area contributed by atoms with Crippen LogP contribution in [0.3, 0.4) is 0 Å². The lowest BCUT2D eigenvalue weighted by molar-refractivity contribution is 1.19. The first-order valence-corrected chi connectivity index (χ1v) is 9.21. The van der Waals surface area contributed by atoms with E-state index in [-0.39, 0.29) is 0 Å². The second-order valence-corrected chi connectivity index (χ2v) is 6.24. The van der Waals surface area contributed by atoms with Gasteiger partial charge in [0, 0.05) is 27.7 Å². The SMILES string of the molecule is CC.Nc1nc(-c2ccccn2)nc2c(-c3ccccc3Cl)csc12. The van der Waals surface area contributed by atoms with Gasteiger partial charge in [0.2, 0.25) is 0 Å². The van der Waals surface area contributed by atoms with Crippen LogP contribution in [0.4, 0.5) is 5.82 Å². The lowest BCUT2D eigenvalue weighted by Gasteiger charge is -2.05. The molecule has 2 N–H and O–H groups in total. The van der Waals surface area contributed by atoms with Crippen molar-refractivity contribution in [2.45, 2.75) is 13.8 Å². The maximum Gasteiger partial charge on any atom is 0.180 e. The number of thiophene rings is 1. The normalized spacial score (nSPS) is 10.4. The number of anilines is 1. The Balaban J connectivity index is 0.000000880. The smallest absolute Gasteiger partial charge is 0.180 e. The third-order valence-corrected chi connectivity index (χ3v) is 4.82. The molecule has 0 saturated carbocycles. The number of aromatic nitrogens is 3. The van der Waals surface area contributed by atoms with Crippen LogP contribution >= 0.6 is 22.9 Å². The molecule has 0 radical (unpaired) electrons. The fraction of sp³-hybridized carbons (Fsp3) is 0.105. The quantitative estimate of drug-likeness (QED) is 0.494. The molecule has 0 atom stereocenters. The molecule has 0 bridgehead atoms. The zero-order valence-corrected chi connectivity index (χ0v) is 15.5. The Morgan fingerprint density at radius 1 is 0.960 bits per heavy atom. The van der Waals surface area contributed by atoms with Gasteiger partial charge in [-0.25, -0.2) is 9.97 Å². The summed E-state index contributed by atoms with van der Waals surface area (Å²) in [5.41, 5.74) is 9.51. The van der Waals surface area contributed by atoms with Crippen LogP contribution in [0.2, 0.25) is 5.02 Å². The average Bonchev–Trinajstić information content (AvgIpc) is 3.09. The van der Waals surface area contributed by atoms with Crippen LogP contribution in [0.5, 0.6) is 0 Å². The lowest BCUT2D eigenvalue weighted by atomic mass is 10.1. The molecule has 4 rings (SSSR count). The molecule has 0 unspecified atom stereocenters. The highest BCUT2D eigenvalue weighted by atomic mass is 35.5. The third kappa shape index (κ3) is 3.34. The van der Waals surface area contributed by atoms with E-state index < -0.39 is 0 Å². The summed E-state index contributed by atoms with van der Waals surface area (Å²) in [5, 5.41) is 2.70. The van der Waals surface area contributed by atoms with Gasteiger partial charge < -0.3 is 5.73 Å². The second-order valence-electron chi connectivity index (χ2n) is 4.95. The Morgan fingerprint density at radius 3 is 2.44 bits per heavy atom. The minimum absolute atomic E-state index is 0.457. The maximum atomic E-state index is 6.33.